The molecule has 0 unspecified atom stereocenters. The van der Waals surface area contributed by atoms with Crippen LogP contribution in [0.2, 0.25) is 0 Å². The number of halogens is 5. The van der Waals surface area contributed by atoms with Gasteiger partial charge in [0.05, 0.1) is 11.4 Å². The van der Waals surface area contributed by atoms with E-state index < -0.39 is 29.6 Å². The molecule has 0 aliphatic carbocycles. The lowest BCUT2D eigenvalue weighted by Crippen LogP contribution is -2.37. The minimum atomic E-state index is -5.60. The van der Waals surface area contributed by atoms with Gasteiger partial charge in [-0.1, -0.05) is 5.46 Å². The second kappa shape index (κ2) is 3.40. The summed E-state index contributed by atoms with van der Waals surface area (Å²) in [6.45, 7) is -5.60. The first-order valence-corrected chi connectivity index (χ1v) is 3.50. The van der Waals surface area contributed by atoms with Gasteiger partial charge in [-0.05, 0) is 12.1 Å². The maximum Gasteiger partial charge on any atom is 0.512 e. The first kappa shape index (κ1) is 10.7. The molecule has 0 radical (unpaired) electrons. The van der Waals surface area contributed by atoms with E-state index in [-0.39, 0.29) is 18.4 Å². The Bertz CT molecular complexity index is 373. The third-order valence-electron chi connectivity index (χ3n) is 1.60. The molecule has 1 aromatic carbocycles. The summed E-state index contributed by atoms with van der Waals surface area (Å²) in [5.74, 6) is -3.02. The monoisotopic (exact) mass is 209 g/mol. The lowest BCUT2D eigenvalue weighted by molar-refractivity contribution is 0.111. The first-order chi connectivity index (χ1) is 6.36. The predicted molar refractivity (Wildman–Crippen MR) is 40.5 cm³/mol. The molecule has 0 bridgehead atoms. The second-order valence-corrected chi connectivity index (χ2v) is 2.59. The van der Waals surface area contributed by atoms with Crippen LogP contribution in [0.25, 0.3) is 0 Å². The van der Waals surface area contributed by atoms with Gasteiger partial charge in [0, 0.05) is 0 Å². The number of hydrogen-bond acceptors (Lipinski definition) is 1. The SMILES string of the molecule is O=Cc1cc(F)c([B-](F)(F)F)cc1F. The average Bonchev–Trinajstić information content (AvgIpc) is 2.06. The zero-order valence-corrected chi connectivity index (χ0v) is 6.61. The molecule has 76 valence electrons. The molecule has 0 heterocycles. The summed E-state index contributed by atoms with van der Waals surface area (Å²) in [5, 5.41) is 0. The van der Waals surface area contributed by atoms with Crippen LogP contribution in [0.1, 0.15) is 10.4 Å². The summed E-state index contributed by atoms with van der Waals surface area (Å²) in [5.41, 5.74) is -2.39. The fraction of sp³-hybridized carbons (Fsp3) is 0. The van der Waals surface area contributed by atoms with Crippen molar-refractivity contribution in [3.05, 3.63) is 29.3 Å². The Kier molecular flexibility index (Phi) is 2.59. The maximum atomic E-state index is 12.7. The quantitative estimate of drug-likeness (QED) is 0.412. The van der Waals surface area contributed by atoms with Gasteiger partial charge in [-0.2, -0.15) is 0 Å². The van der Waals surface area contributed by atoms with Gasteiger partial charge in [-0.15, -0.1) is 0 Å². The molecule has 0 aliphatic heterocycles. The lowest BCUT2D eigenvalue weighted by atomic mass is 9.79. The number of carbonyl (C=O) groups excluding carboxylic acids is 1. The fourth-order valence-electron chi connectivity index (χ4n) is 0.919. The van der Waals surface area contributed by atoms with Crippen LogP contribution in [0.15, 0.2) is 12.1 Å². The summed E-state index contributed by atoms with van der Waals surface area (Å²) < 4.78 is 61.5. The van der Waals surface area contributed by atoms with Crippen molar-refractivity contribution in [3.8, 4) is 0 Å². The standard InChI is InChI=1S/C7H3BF5O/c9-6-2-5(8(11,12)13)7(10)1-4(6)3-14/h1-3H/q-1. The van der Waals surface area contributed by atoms with E-state index in [0.29, 0.717) is 0 Å². The van der Waals surface area contributed by atoms with Gasteiger partial charge >= 0.3 is 6.98 Å². The Hall–Kier alpha value is -1.40. The third kappa shape index (κ3) is 1.91. The number of carbonyl (C=O) groups is 1. The third-order valence-corrected chi connectivity index (χ3v) is 1.60. The van der Waals surface area contributed by atoms with Gasteiger partial charge in [0.1, 0.15) is 5.82 Å². The summed E-state index contributed by atoms with van der Waals surface area (Å²) in [7, 11) is 0. The topological polar surface area (TPSA) is 17.1 Å². The van der Waals surface area contributed by atoms with E-state index in [4.69, 9.17) is 0 Å². The van der Waals surface area contributed by atoms with Crippen molar-refractivity contribution in [2.45, 2.75) is 0 Å². The molecule has 0 fully saturated rings. The summed E-state index contributed by atoms with van der Waals surface area (Å²) >= 11 is 0. The Balaban J connectivity index is 3.36. The Morgan fingerprint density at radius 3 is 2.07 bits per heavy atom. The van der Waals surface area contributed by atoms with E-state index in [0.717, 1.165) is 0 Å². The molecule has 0 amide bonds. The van der Waals surface area contributed by atoms with Crippen molar-refractivity contribution in [2.75, 3.05) is 0 Å². The van der Waals surface area contributed by atoms with Gasteiger partial charge in [0.2, 0.25) is 0 Å². The maximum absolute atomic E-state index is 12.7. The average molecular weight is 209 g/mol. The molecule has 0 saturated heterocycles. The van der Waals surface area contributed by atoms with Crippen LogP contribution in [0.4, 0.5) is 21.7 Å². The minimum absolute atomic E-state index is 0.0148. The summed E-state index contributed by atoms with van der Waals surface area (Å²) in [4.78, 5) is 10.1. The van der Waals surface area contributed by atoms with Gasteiger partial charge in [-0.3, -0.25) is 4.79 Å². The van der Waals surface area contributed by atoms with E-state index in [1.165, 1.54) is 0 Å². The molecule has 1 nitrogen and oxygen atoms in total. The Morgan fingerprint density at radius 2 is 1.64 bits per heavy atom. The van der Waals surface area contributed by atoms with Crippen molar-refractivity contribution in [1.82, 2.24) is 0 Å². The highest BCUT2D eigenvalue weighted by Crippen LogP contribution is 2.14. The van der Waals surface area contributed by atoms with Crippen LogP contribution in [0.5, 0.6) is 0 Å². The van der Waals surface area contributed by atoms with E-state index in [2.05, 4.69) is 0 Å². The highest BCUT2D eigenvalue weighted by Gasteiger charge is 2.30. The minimum Gasteiger partial charge on any atom is -0.445 e. The van der Waals surface area contributed by atoms with E-state index in [1.807, 2.05) is 0 Å². The fourth-order valence-corrected chi connectivity index (χ4v) is 0.919. The van der Waals surface area contributed by atoms with Crippen LogP contribution in [-0.4, -0.2) is 13.3 Å². The molecule has 14 heavy (non-hydrogen) atoms. The largest absolute Gasteiger partial charge is 0.512 e. The van der Waals surface area contributed by atoms with Crippen molar-refractivity contribution in [1.29, 1.82) is 0 Å². The molecule has 0 saturated carbocycles. The lowest BCUT2D eigenvalue weighted by Gasteiger charge is -2.15. The molecular formula is C7H3BF5O-. The van der Waals surface area contributed by atoms with Crippen molar-refractivity contribution >= 4 is 18.7 Å². The van der Waals surface area contributed by atoms with Crippen molar-refractivity contribution in [3.63, 3.8) is 0 Å². The second-order valence-electron chi connectivity index (χ2n) is 2.59. The van der Waals surface area contributed by atoms with E-state index >= 15 is 0 Å². The zero-order chi connectivity index (χ0) is 10.9. The number of rotatable bonds is 2. The first-order valence-electron chi connectivity index (χ1n) is 3.50. The molecule has 0 aromatic heterocycles. The van der Waals surface area contributed by atoms with Crippen LogP contribution in [0, 0.1) is 11.6 Å². The molecule has 7 heteroatoms. The van der Waals surface area contributed by atoms with Crippen molar-refractivity contribution in [2.24, 2.45) is 0 Å². The molecule has 0 spiro atoms. The van der Waals surface area contributed by atoms with Gasteiger partial charge in [-0.25, -0.2) is 8.78 Å². The van der Waals surface area contributed by atoms with Crippen LogP contribution in [-0.2, 0) is 0 Å². The highest BCUT2D eigenvalue weighted by atomic mass is 19.4. The van der Waals surface area contributed by atoms with E-state index in [1.54, 1.807) is 0 Å². The van der Waals surface area contributed by atoms with Gasteiger partial charge in [0.15, 0.2) is 6.29 Å². The highest BCUT2D eigenvalue weighted by molar-refractivity contribution is 6.73. The van der Waals surface area contributed by atoms with Gasteiger partial charge in [0.25, 0.3) is 0 Å². The number of hydrogen-bond donors (Lipinski definition) is 0. The zero-order valence-electron chi connectivity index (χ0n) is 6.61. The Labute approximate surface area is 75.6 Å². The van der Waals surface area contributed by atoms with Crippen LogP contribution in [0.3, 0.4) is 0 Å². The molecule has 1 aromatic rings. The number of benzene rings is 1. The normalized spacial score (nSPS) is 11.5. The molecular weight excluding hydrogens is 206 g/mol. The summed E-state index contributed by atoms with van der Waals surface area (Å²) in [6, 6.07) is 0.214. The predicted octanol–water partition coefficient (Wildman–Crippen LogP) is 1.83. The van der Waals surface area contributed by atoms with Crippen LogP contribution >= 0.6 is 0 Å². The molecule has 1 rings (SSSR count). The Morgan fingerprint density at radius 1 is 1.07 bits per heavy atom. The molecule has 0 N–H and O–H groups in total. The van der Waals surface area contributed by atoms with Crippen molar-refractivity contribution < 1.29 is 26.5 Å². The molecule has 0 atom stereocenters. The molecule has 0 aliphatic rings. The van der Waals surface area contributed by atoms with Gasteiger partial charge < -0.3 is 12.9 Å². The summed E-state index contributed by atoms with van der Waals surface area (Å²) in [6.07, 6.45) is -0.0500. The number of aldehydes is 1. The van der Waals surface area contributed by atoms with E-state index in [9.17, 15) is 26.5 Å². The smallest absolute Gasteiger partial charge is 0.445 e. The van der Waals surface area contributed by atoms with Crippen LogP contribution < -0.4 is 5.46 Å².